The molecule has 0 unspecified atom stereocenters. The molecule has 0 spiro atoms. The van der Waals surface area contributed by atoms with Gasteiger partial charge in [0.25, 0.3) is 0 Å². The van der Waals surface area contributed by atoms with Crippen molar-refractivity contribution in [2.45, 2.75) is 0 Å². The summed E-state index contributed by atoms with van der Waals surface area (Å²) in [5.41, 5.74) is 0. The number of rotatable bonds is 4. The highest BCUT2D eigenvalue weighted by atomic mass is 127. The number of ether oxygens (including phenoxy) is 1. The van der Waals surface area contributed by atoms with E-state index in [1.54, 1.807) is 0 Å². The molecule has 22 heavy (non-hydrogen) atoms. The number of halogens is 3. The van der Waals surface area contributed by atoms with Crippen molar-refractivity contribution in [2.24, 2.45) is 0 Å². The fraction of sp³-hybridized carbons (Fsp3) is 0. The standard InChI is InChI=1S/C18H12F2IO/c19-13-10-14(20)12-18(11-13)22-17-8-6-16(7-9-17)21-15-4-2-1-3-5-15/h1-12H/q+1. The second kappa shape index (κ2) is 6.87. The molecule has 0 saturated heterocycles. The Morgan fingerprint density at radius 2 is 1.23 bits per heavy atom. The van der Waals surface area contributed by atoms with E-state index in [9.17, 15) is 8.78 Å². The normalized spacial score (nSPS) is 10.5. The highest BCUT2D eigenvalue weighted by molar-refractivity contribution is 5.31. The maximum absolute atomic E-state index is 13.1. The number of hydrogen-bond donors (Lipinski definition) is 0. The van der Waals surface area contributed by atoms with Gasteiger partial charge in [-0.15, -0.1) is 0 Å². The Balaban J connectivity index is 1.71. The molecule has 3 aromatic carbocycles. The Bertz CT molecular complexity index is 738. The van der Waals surface area contributed by atoms with Gasteiger partial charge in [0.15, 0.2) is 7.14 Å². The maximum atomic E-state index is 13.1. The van der Waals surface area contributed by atoms with E-state index in [1.807, 2.05) is 42.5 Å². The van der Waals surface area contributed by atoms with Gasteiger partial charge in [-0.2, -0.15) is 0 Å². The van der Waals surface area contributed by atoms with Crippen LogP contribution < -0.4 is 25.9 Å². The molecule has 0 aliphatic rings. The fourth-order valence-electron chi connectivity index (χ4n) is 1.89. The fourth-order valence-corrected chi connectivity index (χ4v) is 4.11. The molecule has 0 amide bonds. The minimum atomic E-state index is -0.651. The van der Waals surface area contributed by atoms with Crippen LogP contribution in [-0.4, -0.2) is 0 Å². The summed E-state index contributed by atoms with van der Waals surface area (Å²) in [5.74, 6) is -0.586. The maximum Gasteiger partial charge on any atom is 0.357 e. The van der Waals surface area contributed by atoms with E-state index < -0.39 is 11.6 Å². The molecule has 0 heterocycles. The van der Waals surface area contributed by atoms with E-state index in [-0.39, 0.29) is 27.0 Å². The van der Waals surface area contributed by atoms with E-state index in [0.29, 0.717) is 5.75 Å². The second-order valence-electron chi connectivity index (χ2n) is 4.55. The van der Waals surface area contributed by atoms with Crippen molar-refractivity contribution in [3.63, 3.8) is 0 Å². The lowest BCUT2D eigenvalue weighted by atomic mass is 10.3. The van der Waals surface area contributed by atoms with Crippen molar-refractivity contribution in [3.05, 3.63) is 91.6 Å². The summed E-state index contributed by atoms with van der Waals surface area (Å²) in [6.45, 7) is 0. The first-order valence-electron chi connectivity index (χ1n) is 6.63. The van der Waals surface area contributed by atoms with Crippen molar-refractivity contribution >= 4 is 0 Å². The third-order valence-corrected chi connectivity index (χ3v) is 5.52. The summed E-state index contributed by atoms with van der Waals surface area (Å²) < 4.78 is 34.3. The third-order valence-electron chi connectivity index (χ3n) is 2.84. The zero-order valence-electron chi connectivity index (χ0n) is 11.5. The predicted octanol–water partition coefficient (Wildman–Crippen LogP) is 1.89. The zero-order valence-corrected chi connectivity index (χ0v) is 13.6. The largest absolute Gasteiger partial charge is 0.457 e. The van der Waals surface area contributed by atoms with Crippen LogP contribution in [0, 0.1) is 18.8 Å². The summed E-state index contributed by atoms with van der Waals surface area (Å²) in [5, 5.41) is 0. The molecule has 110 valence electrons. The first kappa shape index (κ1) is 15.0. The minimum absolute atomic E-state index is 0.156. The quantitative estimate of drug-likeness (QED) is 0.599. The second-order valence-corrected chi connectivity index (χ2v) is 7.58. The van der Waals surface area contributed by atoms with Gasteiger partial charge in [-0.05, 0) is 36.4 Å². The van der Waals surface area contributed by atoms with Crippen molar-refractivity contribution in [1.82, 2.24) is 0 Å². The third kappa shape index (κ3) is 4.04. The van der Waals surface area contributed by atoms with Gasteiger partial charge in [0.2, 0.25) is 0 Å². The lowest BCUT2D eigenvalue weighted by Crippen LogP contribution is -3.61. The molecule has 0 atom stereocenters. The van der Waals surface area contributed by atoms with Crippen LogP contribution in [0.2, 0.25) is 0 Å². The molecule has 0 N–H and O–H groups in total. The van der Waals surface area contributed by atoms with Crippen molar-refractivity contribution in [1.29, 1.82) is 0 Å². The Morgan fingerprint density at radius 3 is 1.86 bits per heavy atom. The van der Waals surface area contributed by atoms with Gasteiger partial charge in [-0.1, -0.05) is 18.2 Å². The van der Waals surface area contributed by atoms with Gasteiger partial charge in [-0.25, -0.2) is 8.78 Å². The predicted molar refractivity (Wildman–Crippen MR) is 76.7 cm³/mol. The van der Waals surface area contributed by atoms with Crippen LogP contribution in [0.15, 0.2) is 72.8 Å². The van der Waals surface area contributed by atoms with Crippen molar-refractivity contribution in [3.8, 4) is 11.5 Å². The van der Waals surface area contributed by atoms with Crippen LogP contribution in [-0.2, 0) is 0 Å². The summed E-state index contributed by atoms with van der Waals surface area (Å²) in [4.78, 5) is 0. The van der Waals surface area contributed by atoms with Gasteiger partial charge >= 0.3 is 21.2 Å². The molecule has 0 aromatic heterocycles. The van der Waals surface area contributed by atoms with Crippen molar-refractivity contribution in [2.75, 3.05) is 0 Å². The highest BCUT2D eigenvalue weighted by Crippen LogP contribution is 2.22. The summed E-state index contributed by atoms with van der Waals surface area (Å²) >= 11 is -0.231. The molecule has 0 saturated carbocycles. The van der Waals surface area contributed by atoms with Crippen LogP contribution >= 0.6 is 0 Å². The molecule has 3 rings (SSSR count). The molecule has 4 heteroatoms. The lowest BCUT2D eigenvalue weighted by Gasteiger charge is -2.05. The van der Waals surface area contributed by atoms with E-state index in [4.69, 9.17) is 4.74 Å². The molecule has 0 aliphatic heterocycles. The highest BCUT2D eigenvalue weighted by Gasteiger charge is 2.14. The Kier molecular flexibility index (Phi) is 4.68. The van der Waals surface area contributed by atoms with Gasteiger partial charge < -0.3 is 4.74 Å². The average Bonchev–Trinajstić information content (AvgIpc) is 2.49. The number of hydrogen-bond acceptors (Lipinski definition) is 1. The molecular formula is C18H12F2IO+. The van der Waals surface area contributed by atoms with Crippen LogP contribution in [0.4, 0.5) is 8.78 Å². The van der Waals surface area contributed by atoms with Gasteiger partial charge in [0.1, 0.15) is 23.1 Å². The van der Waals surface area contributed by atoms with E-state index in [1.165, 1.54) is 7.14 Å². The van der Waals surface area contributed by atoms with Crippen LogP contribution in [0.1, 0.15) is 0 Å². The average molecular weight is 409 g/mol. The Labute approximate surface area is 137 Å². The monoisotopic (exact) mass is 409 g/mol. The molecular weight excluding hydrogens is 397 g/mol. The lowest BCUT2D eigenvalue weighted by molar-refractivity contribution is -0.597. The molecule has 0 bridgehead atoms. The summed E-state index contributed by atoms with van der Waals surface area (Å²) in [6.07, 6.45) is 0. The van der Waals surface area contributed by atoms with E-state index in [0.717, 1.165) is 18.2 Å². The van der Waals surface area contributed by atoms with Gasteiger partial charge in [0, 0.05) is 18.2 Å². The first-order chi connectivity index (χ1) is 10.7. The SMILES string of the molecule is Fc1cc(F)cc(Oc2ccc([I+]c3ccccc3)cc2)c1. The molecule has 0 radical (unpaired) electrons. The minimum Gasteiger partial charge on any atom is -0.457 e. The number of benzene rings is 3. The molecule has 0 fully saturated rings. The van der Waals surface area contributed by atoms with Gasteiger partial charge in [0.05, 0.1) is 0 Å². The van der Waals surface area contributed by atoms with Crippen LogP contribution in [0.25, 0.3) is 0 Å². The molecule has 0 aliphatic carbocycles. The summed E-state index contributed by atoms with van der Waals surface area (Å²) in [7, 11) is 0. The van der Waals surface area contributed by atoms with Crippen LogP contribution in [0.5, 0.6) is 11.5 Å². The zero-order chi connectivity index (χ0) is 15.4. The Morgan fingerprint density at radius 1 is 0.636 bits per heavy atom. The van der Waals surface area contributed by atoms with Crippen molar-refractivity contribution < 1.29 is 34.7 Å². The first-order valence-corrected chi connectivity index (χ1v) is 8.79. The summed E-state index contributed by atoms with van der Waals surface area (Å²) in [6, 6.07) is 21.1. The van der Waals surface area contributed by atoms with Gasteiger partial charge in [-0.3, -0.25) is 0 Å². The van der Waals surface area contributed by atoms with Crippen LogP contribution in [0.3, 0.4) is 0 Å². The topological polar surface area (TPSA) is 9.23 Å². The smallest absolute Gasteiger partial charge is 0.357 e. The molecule has 3 aromatic rings. The molecule has 1 nitrogen and oxygen atoms in total. The van der Waals surface area contributed by atoms with E-state index in [2.05, 4.69) is 12.1 Å². The Hall–Kier alpha value is -1.95. The van der Waals surface area contributed by atoms with E-state index >= 15 is 0 Å².